The zero-order valence-electron chi connectivity index (χ0n) is 10.0. The van der Waals surface area contributed by atoms with Crippen molar-refractivity contribution < 1.29 is 9.53 Å². The van der Waals surface area contributed by atoms with E-state index in [1.165, 1.54) is 31.1 Å². The van der Waals surface area contributed by atoms with E-state index in [1.54, 1.807) is 0 Å². The summed E-state index contributed by atoms with van der Waals surface area (Å²) in [4.78, 5) is 11.5. The smallest absolute Gasteiger partial charge is 0.337 e. The Balaban J connectivity index is 1.86. The van der Waals surface area contributed by atoms with Gasteiger partial charge < -0.3 is 10.1 Å². The summed E-state index contributed by atoms with van der Waals surface area (Å²) in [6, 6.07) is 7.06. The van der Waals surface area contributed by atoms with Gasteiger partial charge in [0, 0.05) is 12.1 Å². The zero-order chi connectivity index (χ0) is 11.8. The van der Waals surface area contributed by atoms with E-state index in [0.717, 1.165) is 12.8 Å². The lowest BCUT2D eigenvalue weighted by atomic mass is 10.0. The molecule has 0 aromatic heterocycles. The third-order valence-electron chi connectivity index (χ3n) is 3.66. The van der Waals surface area contributed by atoms with Crippen LogP contribution in [0.15, 0.2) is 18.2 Å². The van der Waals surface area contributed by atoms with E-state index in [2.05, 4.69) is 11.4 Å². The van der Waals surface area contributed by atoms with Gasteiger partial charge in [0.15, 0.2) is 0 Å². The lowest BCUT2D eigenvalue weighted by Gasteiger charge is -2.13. The van der Waals surface area contributed by atoms with Crippen LogP contribution < -0.4 is 5.32 Å². The minimum absolute atomic E-state index is 0.245. The van der Waals surface area contributed by atoms with Gasteiger partial charge >= 0.3 is 5.97 Å². The monoisotopic (exact) mass is 231 g/mol. The van der Waals surface area contributed by atoms with E-state index in [-0.39, 0.29) is 5.97 Å². The molecule has 0 aliphatic heterocycles. The van der Waals surface area contributed by atoms with Crippen molar-refractivity contribution in [2.24, 2.45) is 0 Å². The summed E-state index contributed by atoms with van der Waals surface area (Å²) in [5.41, 5.74) is 3.33. The number of carbonyl (C=O) groups is 1. The molecule has 3 nitrogen and oxygen atoms in total. The molecule has 2 aliphatic rings. The van der Waals surface area contributed by atoms with E-state index >= 15 is 0 Å². The summed E-state index contributed by atoms with van der Waals surface area (Å²) in [6.45, 7) is 0. The third kappa shape index (κ3) is 2.07. The van der Waals surface area contributed by atoms with Crippen LogP contribution in [0.3, 0.4) is 0 Å². The van der Waals surface area contributed by atoms with E-state index in [9.17, 15) is 4.79 Å². The number of nitrogens with one attached hydrogen (secondary N) is 1. The molecule has 3 heteroatoms. The normalized spacial score (nSPS) is 22.3. The number of fused-ring (bicyclic) bond motifs is 1. The van der Waals surface area contributed by atoms with Gasteiger partial charge in [0.05, 0.1) is 12.7 Å². The Kier molecular flexibility index (Phi) is 2.63. The van der Waals surface area contributed by atoms with Crippen LogP contribution in [0, 0.1) is 0 Å². The van der Waals surface area contributed by atoms with Crippen LogP contribution in [-0.4, -0.2) is 19.1 Å². The van der Waals surface area contributed by atoms with Gasteiger partial charge in [-0.05, 0) is 48.9 Å². The first-order valence-corrected chi connectivity index (χ1v) is 6.25. The number of hydrogen-bond donors (Lipinski definition) is 1. The van der Waals surface area contributed by atoms with Crippen LogP contribution in [0.5, 0.6) is 0 Å². The number of aryl methyl sites for hydroxylation is 1. The van der Waals surface area contributed by atoms with Crippen molar-refractivity contribution in [3.8, 4) is 0 Å². The number of benzene rings is 1. The van der Waals surface area contributed by atoms with Gasteiger partial charge in [-0.25, -0.2) is 4.79 Å². The molecule has 0 heterocycles. The van der Waals surface area contributed by atoms with E-state index in [1.807, 2.05) is 12.1 Å². The molecule has 0 saturated heterocycles. The van der Waals surface area contributed by atoms with Crippen molar-refractivity contribution in [3.63, 3.8) is 0 Å². The number of rotatable bonds is 3. The Morgan fingerprint density at radius 1 is 1.35 bits per heavy atom. The highest BCUT2D eigenvalue weighted by molar-refractivity contribution is 5.89. The van der Waals surface area contributed by atoms with Crippen LogP contribution in [-0.2, 0) is 11.2 Å². The molecule has 1 atom stereocenters. The summed E-state index contributed by atoms with van der Waals surface area (Å²) in [5, 5.41) is 3.64. The average molecular weight is 231 g/mol. The van der Waals surface area contributed by atoms with E-state index in [4.69, 9.17) is 4.74 Å². The maximum atomic E-state index is 11.5. The van der Waals surface area contributed by atoms with Crippen molar-refractivity contribution >= 4 is 5.97 Å². The molecule has 0 bridgehead atoms. The van der Waals surface area contributed by atoms with Crippen LogP contribution in [0.4, 0.5) is 0 Å². The lowest BCUT2D eigenvalue weighted by Crippen LogP contribution is -2.21. The molecular weight excluding hydrogens is 214 g/mol. The average Bonchev–Trinajstić information content (AvgIpc) is 3.09. The minimum Gasteiger partial charge on any atom is -0.465 e. The molecule has 1 unspecified atom stereocenters. The Bertz CT molecular complexity index is 452. The van der Waals surface area contributed by atoms with Gasteiger partial charge in [0.2, 0.25) is 0 Å². The molecule has 90 valence electrons. The SMILES string of the molecule is COC(=O)c1ccc2c(c1)C(NC1CC1)CC2. The molecule has 1 aromatic carbocycles. The summed E-state index contributed by atoms with van der Waals surface area (Å²) in [6.07, 6.45) is 4.85. The first-order valence-electron chi connectivity index (χ1n) is 6.25. The van der Waals surface area contributed by atoms with E-state index < -0.39 is 0 Å². The molecule has 1 saturated carbocycles. The van der Waals surface area contributed by atoms with Gasteiger partial charge in [0.1, 0.15) is 0 Å². The predicted molar refractivity (Wildman–Crippen MR) is 65.0 cm³/mol. The Morgan fingerprint density at radius 2 is 2.18 bits per heavy atom. The fourth-order valence-corrected chi connectivity index (χ4v) is 2.55. The number of ether oxygens (including phenoxy) is 1. The van der Waals surface area contributed by atoms with Crippen molar-refractivity contribution in [2.45, 2.75) is 37.8 Å². The molecule has 0 amide bonds. The van der Waals surface area contributed by atoms with Gasteiger partial charge in [-0.3, -0.25) is 0 Å². The summed E-state index contributed by atoms with van der Waals surface area (Å²) >= 11 is 0. The van der Waals surface area contributed by atoms with Gasteiger partial charge in [-0.2, -0.15) is 0 Å². The molecule has 1 aromatic rings. The molecule has 17 heavy (non-hydrogen) atoms. The Labute approximate surface area is 101 Å². The fraction of sp³-hybridized carbons (Fsp3) is 0.500. The Hall–Kier alpha value is -1.35. The van der Waals surface area contributed by atoms with Gasteiger partial charge in [-0.15, -0.1) is 0 Å². The second-order valence-corrected chi connectivity index (χ2v) is 4.94. The number of carbonyl (C=O) groups excluding carboxylic acids is 1. The van der Waals surface area contributed by atoms with Crippen molar-refractivity contribution in [3.05, 3.63) is 34.9 Å². The van der Waals surface area contributed by atoms with E-state index in [0.29, 0.717) is 17.6 Å². The number of hydrogen-bond acceptors (Lipinski definition) is 3. The van der Waals surface area contributed by atoms with Crippen molar-refractivity contribution in [1.82, 2.24) is 5.32 Å². The predicted octanol–water partition coefficient (Wildman–Crippen LogP) is 2.21. The molecule has 1 fully saturated rings. The van der Waals surface area contributed by atoms with Gasteiger partial charge in [0.25, 0.3) is 0 Å². The highest BCUT2D eigenvalue weighted by Crippen LogP contribution is 2.34. The van der Waals surface area contributed by atoms with Crippen LogP contribution >= 0.6 is 0 Å². The summed E-state index contributed by atoms with van der Waals surface area (Å²) in [7, 11) is 1.43. The van der Waals surface area contributed by atoms with Crippen molar-refractivity contribution in [2.75, 3.05) is 7.11 Å². The molecular formula is C14H17NO2. The fourth-order valence-electron chi connectivity index (χ4n) is 2.55. The summed E-state index contributed by atoms with van der Waals surface area (Å²) in [5.74, 6) is -0.245. The maximum Gasteiger partial charge on any atom is 0.337 e. The van der Waals surface area contributed by atoms with Gasteiger partial charge in [-0.1, -0.05) is 6.07 Å². The highest BCUT2D eigenvalue weighted by atomic mass is 16.5. The van der Waals surface area contributed by atoms with Crippen LogP contribution in [0.1, 0.15) is 46.8 Å². The molecule has 1 N–H and O–H groups in total. The van der Waals surface area contributed by atoms with Crippen LogP contribution in [0.25, 0.3) is 0 Å². The van der Waals surface area contributed by atoms with Crippen LogP contribution in [0.2, 0.25) is 0 Å². The molecule has 0 spiro atoms. The largest absolute Gasteiger partial charge is 0.465 e. The standard InChI is InChI=1S/C14H17NO2/c1-17-14(16)10-3-2-9-4-7-13(12(9)8-10)15-11-5-6-11/h2-3,8,11,13,15H,4-7H2,1H3. The lowest BCUT2D eigenvalue weighted by molar-refractivity contribution is 0.0600. The Morgan fingerprint density at radius 3 is 2.88 bits per heavy atom. The zero-order valence-corrected chi connectivity index (χ0v) is 10.0. The number of esters is 1. The minimum atomic E-state index is -0.245. The molecule has 3 rings (SSSR count). The molecule has 0 radical (unpaired) electrons. The number of methoxy groups -OCH3 is 1. The van der Waals surface area contributed by atoms with Crippen molar-refractivity contribution in [1.29, 1.82) is 0 Å². The first-order chi connectivity index (χ1) is 8.28. The second-order valence-electron chi connectivity index (χ2n) is 4.94. The molecule has 2 aliphatic carbocycles. The first kappa shape index (κ1) is 10.8. The third-order valence-corrected chi connectivity index (χ3v) is 3.66. The highest BCUT2D eigenvalue weighted by Gasteiger charge is 2.29. The maximum absolute atomic E-state index is 11.5. The summed E-state index contributed by atoms with van der Waals surface area (Å²) < 4.78 is 4.77. The quantitative estimate of drug-likeness (QED) is 0.811. The topological polar surface area (TPSA) is 38.3 Å². The second kappa shape index (κ2) is 4.15.